The Bertz CT molecular complexity index is 1060. The van der Waals surface area contributed by atoms with Gasteiger partial charge < -0.3 is 14.6 Å². The van der Waals surface area contributed by atoms with E-state index >= 15 is 0 Å². The van der Waals surface area contributed by atoms with E-state index in [9.17, 15) is 4.79 Å². The van der Waals surface area contributed by atoms with Crippen molar-refractivity contribution in [2.45, 2.75) is 23.8 Å². The molecule has 150 valence electrons. The zero-order valence-electron chi connectivity index (χ0n) is 15.9. The molecule has 0 aliphatic rings. The van der Waals surface area contributed by atoms with Crippen molar-refractivity contribution in [2.75, 3.05) is 18.1 Å². The van der Waals surface area contributed by atoms with Crippen molar-refractivity contribution in [3.05, 3.63) is 53.4 Å². The second-order valence-electron chi connectivity index (χ2n) is 6.30. The fourth-order valence-corrected chi connectivity index (χ4v) is 5.33. The van der Waals surface area contributed by atoms with Crippen LogP contribution in [0.5, 0.6) is 0 Å². The highest BCUT2D eigenvalue weighted by atomic mass is 32.2. The maximum atomic E-state index is 12.6. The number of anilines is 1. The predicted molar refractivity (Wildman–Crippen MR) is 117 cm³/mol. The van der Waals surface area contributed by atoms with Crippen molar-refractivity contribution in [1.29, 1.82) is 0 Å². The van der Waals surface area contributed by atoms with Gasteiger partial charge in [0, 0.05) is 7.05 Å². The fraction of sp³-hybridized carbons (Fsp3) is 0.263. The maximum absolute atomic E-state index is 12.6. The van der Waals surface area contributed by atoms with Crippen LogP contribution in [0.15, 0.2) is 51.4 Å². The van der Waals surface area contributed by atoms with Crippen LogP contribution < -0.4 is 5.32 Å². The lowest BCUT2D eigenvalue weighted by Gasteiger charge is -2.22. The number of furan rings is 1. The summed E-state index contributed by atoms with van der Waals surface area (Å²) in [5.41, 5.74) is 0.970. The predicted octanol–water partition coefficient (Wildman–Crippen LogP) is 4.66. The molecule has 0 unspecified atom stereocenters. The fourth-order valence-electron chi connectivity index (χ4n) is 2.59. The number of fused-ring (bicyclic) bond motifs is 1. The first-order chi connectivity index (χ1) is 14.1. The standard InChI is InChI=1S/C19H19N5O2S3/c1-12(17-21-14-7-3-4-8-15(14)28-17)24(2)16(25)11-27-19-23-22-18(29-19)20-10-13-6-5-9-26-13/h3-9,12H,10-11H2,1-2H3,(H,20,22)/t12-/m0/s1. The van der Waals surface area contributed by atoms with Crippen molar-refractivity contribution < 1.29 is 9.21 Å². The molecule has 3 heterocycles. The van der Waals surface area contributed by atoms with Crippen LogP contribution in [0.2, 0.25) is 0 Å². The van der Waals surface area contributed by atoms with E-state index in [1.54, 1.807) is 22.5 Å². The third kappa shape index (κ3) is 4.77. The number of para-hydroxylation sites is 1. The molecule has 0 fully saturated rings. The maximum Gasteiger partial charge on any atom is 0.233 e. The van der Waals surface area contributed by atoms with Crippen LogP contribution in [0, 0.1) is 0 Å². The van der Waals surface area contributed by atoms with E-state index in [4.69, 9.17) is 4.42 Å². The SMILES string of the molecule is C[C@@H](c1nc2ccccc2s1)N(C)C(=O)CSc1nnc(NCc2ccco2)s1. The third-order valence-corrected chi connectivity index (χ3v) is 7.57. The number of thioether (sulfide) groups is 1. The van der Waals surface area contributed by atoms with E-state index in [0.717, 1.165) is 25.3 Å². The van der Waals surface area contributed by atoms with Gasteiger partial charge in [0.15, 0.2) is 4.34 Å². The number of benzene rings is 1. The zero-order valence-corrected chi connectivity index (χ0v) is 18.3. The number of nitrogens with zero attached hydrogens (tertiary/aromatic N) is 4. The molecule has 0 bridgehead atoms. The minimum absolute atomic E-state index is 0.0297. The van der Waals surface area contributed by atoms with Crippen LogP contribution in [-0.4, -0.2) is 38.8 Å². The average Bonchev–Trinajstić information content (AvgIpc) is 3.49. The number of amides is 1. The molecule has 1 amide bonds. The molecule has 0 radical (unpaired) electrons. The van der Waals surface area contributed by atoms with Crippen molar-refractivity contribution in [2.24, 2.45) is 0 Å². The van der Waals surface area contributed by atoms with E-state index in [2.05, 4.69) is 20.5 Å². The Hall–Kier alpha value is -2.43. The monoisotopic (exact) mass is 445 g/mol. The first-order valence-electron chi connectivity index (χ1n) is 8.94. The summed E-state index contributed by atoms with van der Waals surface area (Å²) in [6, 6.07) is 11.7. The molecule has 1 aromatic carbocycles. The second kappa shape index (κ2) is 8.93. The molecular weight excluding hydrogens is 426 g/mol. The van der Waals surface area contributed by atoms with Crippen molar-refractivity contribution in [3.63, 3.8) is 0 Å². The molecule has 3 aromatic heterocycles. The van der Waals surface area contributed by atoms with Crippen LogP contribution in [0.25, 0.3) is 10.2 Å². The molecular formula is C19H19N5O2S3. The largest absolute Gasteiger partial charge is 0.467 e. The Morgan fingerprint density at radius 1 is 1.24 bits per heavy atom. The van der Waals surface area contributed by atoms with Gasteiger partial charge in [-0.25, -0.2) is 4.98 Å². The van der Waals surface area contributed by atoms with Gasteiger partial charge in [-0.1, -0.05) is 35.2 Å². The molecule has 0 saturated heterocycles. The van der Waals surface area contributed by atoms with Crippen molar-refractivity contribution >= 4 is 55.7 Å². The Morgan fingerprint density at radius 3 is 2.90 bits per heavy atom. The topological polar surface area (TPSA) is 84.2 Å². The summed E-state index contributed by atoms with van der Waals surface area (Å²) in [5.74, 6) is 1.16. The highest BCUT2D eigenvalue weighted by molar-refractivity contribution is 8.01. The smallest absolute Gasteiger partial charge is 0.233 e. The molecule has 1 atom stereocenters. The van der Waals surface area contributed by atoms with Gasteiger partial charge in [-0.2, -0.15) is 0 Å². The lowest BCUT2D eigenvalue weighted by Crippen LogP contribution is -2.31. The van der Waals surface area contributed by atoms with E-state index in [1.165, 1.54) is 23.1 Å². The van der Waals surface area contributed by atoms with Gasteiger partial charge in [0.05, 0.1) is 34.8 Å². The molecule has 7 nitrogen and oxygen atoms in total. The van der Waals surface area contributed by atoms with Gasteiger partial charge >= 0.3 is 0 Å². The molecule has 4 rings (SSSR count). The Labute approximate surface area is 180 Å². The molecule has 1 N–H and O–H groups in total. The first-order valence-corrected chi connectivity index (χ1v) is 11.6. The lowest BCUT2D eigenvalue weighted by molar-refractivity contribution is -0.128. The van der Waals surface area contributed by atoms with Crippen molar-refractivity contribution in [3.8, 4) is 0 Å². The summed E-state index contributed by atoms with van der Waals surface area (Å²) in [5, 5.41) is 13.0. The summed E-state index contributed by atoms with van der Waals surface area (Å²) in [6.07, 6.45) is 1.63. The third-order valence-electron chi connectivity index (χ3n) is 4.36. The number of rotatable bonds is 8. The summed E-state index contributed by atoms with van der Waals surface area (Å²) in [7, 11) is 1.82. The van der Waals surface area contributed by atoms with Gasteiger partial charge in [0.1, 0.15) is 10.8 Å². The van der Waals surface area contributed by atoms with Gasteiger partial charge in [0.25, 0.3) is 0 Å². The average molecular weight is 446 g/mol. The second-order valence-corrected chi connectivity index (χ2v) is 9.56. The molecule has 29 heavy (non-hydrogen) atoms. The number of aromatic nitrogens is 3. The van der Waals surface area contributed by atoms with E-state index in [0.29, 0.717) is 17.4 Å². The minimum atomic E-state index is -0.0829. The van der Waals surface area contributed by atoms with E-state index in [1.807, 2.05) is 50.4 Å². The van der Waals surface area contributed by atoms with Gasteiger partial charge in [-0.3, -0.25) is 4.79 Å². The van der Waals surface area contributed by atoms with Crippen LogP contribution in [0.4, 0.5) is 5.13 Å². The van der Waals surface area contributed by atoms with Crippen LogP contribution in [-0.2, 0) is 11.3 Å². The van der Waals surface area contributed by atoms with Gasteiger partial charge in [-0.05, 0) is 31.2 Å². The molecule has 0 saturated carbocycles. The van der Waals surface area contributed by atoms with Gasteiger partial charge in [0.2, 0.25) is 11.0 Å². The quantitative estimate of drug-likeness (QED) is 0.395. The molecule has 10 heteroatoms. The summed E-state index contributed by atoms with van der Waals surface area (Å²) >= 11 is 4.44. The number of hydrogen-bond donors (Lipinski definition) is 1. The highest BCUT2D eigenvalue weighted by Gasteiger charge is 2.21. The van der Waals surface area contributed by atoms with E-state index < -0.39 is 0 Å². The number of hydrogen-bond acceptors (Lipinski definition) is 9. The summed E-state index contributed by atoms with van der Waals surface area (Å²) < 4.78 is 7.16. The number of nitrogens with one attached hydrogen (secondary N) is 1. The Morgan fingerprint density at radius 2 is 2.10 bits per heavy atom. The van der Waals surface area contributed by atoms with Crippen LogP contribution in [0.3, 0.4) is 0 Å². The number of carbonyl (C=O) groups is 1. The molecule has 4 aromatic rings. The number of carbonyl (C=O) groups excluding carboxylic acids is 1. The summed E-state index contributed by atoms with van der Waals surface area (Å²) in [6.45, 7) is 2.55. The van der Waals surface area contributed by atoms with Crippen molar-refractivity contribution in [1.82, 2.24) is 20.1 Å². The Kier molecular flexibility index (Phi) is 6.12. The van der Waals surface area contributed by atoms with Crippen LogP contribution >= 0.6 is 34.4 Å². The normalized spacial score (nSPS) is 12.2. The zero-order chi connectivity index (χ0) is 20.2. The van der Waals surface area contributed by atoms with E-state index in [-0.39, 0.29) is 11.9 Å². The van der Waals surface area contributed by atoms with Crippen LogP contribution in [0.1, 0.15) is 23.7 Å². The molecule has 0 spiro atoms. The Balaban J connectivity index is 1.30. The first kappa shape index (κ1) is 19.9. The highest BCUT2D eigenvalue weighted by Crippen LogP contribution is 2.30. The minimum Gasteiger partial charge on any atom is -0.467 e. The molecule has 0 aliphatic heterocycles. The lowest BCUT2D eigenvalue weighted by atomic mass is 10.3. The number of thiazole rings is 1. The van der Waals surface area contributed by atoms with Gasteiger partial charge in [-0.15, -0.1) is 21.5 Å². The summed E-state index contributed by atoms with van der Waals surface area (Å²) in [4.78, 5) is 19.0. The molecule has 0 aliphatic carbocycles.